The van der Waals surface area contributed by atoms with Gasteiger partial charge in [0.25, 0.3) is 0 Å². The van der Waals surface area contributed by atoms with E-state index in [-0.39, 0.29) is 12.6 Å². The topological polar surface area (TPSA) is 75.1 Å². The molecule has 1 aliphatic rings. The maximum atomic E-state index is 10.8. The molecule has 2 atom stereocenters. The van der Waals surface area contributed by atoms with Crippen molar-refractivity contribution in [2.45, 2.75) is 25.2 Å². The highest BCUT2D eigenvalue weighted by Gasteiger charge is 2.39. The number of aromatic nitrogens is 1. The number of rotatable bonds is 7. The van der Waals surface area contributed by atoms with E-state index in [4.69, 9.17) is 26.2 Å². The lowest BCUT2D eigenvalue weighted by molar-refractivity contribution is -0.253. The van der Waals surface area contributed by atoms with Gasteiger partial charge in [0.2, 0.25) is 5.79 Å². The number of morpholine rings is 1. The van der Waals surface area contributed by atoms with Gasteiger partial charge in [-0.1, -0.05) is 23.7 Å². The van der Waals surface area contributed by atoms with Crippen LogP contribution in [0.15, 0.2) is 29.6 Å². The standard InChI is InChI=1S/C18H23ClN2O4S/c1-13(10-14-2-4-15(5-3-14)24-9-7-22)21-6-8-25-18(23,12-21)16-11-26-17(19)20-16/h2-5,11,13,22-23H,6-10,12H2,1H3. The number of β-amino-alcohol motifs (C(OH)–C–C–N with tert-alkyl or cyclic N) is 1. The number of thiazole rings is 1. The molecular weight excluding hydrogens is 376 g/mol. The highest BCUT2D eigenvalue weighted by molar-refractivity contribution is 7.13. The number of hydrogen-bond acceptors (Lipinski definition) is 7. The summed E-state index contributed by atoms with van der Waals surface area (Å²) >= 11 is 7.18. The summed E-state index contributed by atoms with van der Waals surface area (Å²) in [6.07, 6.45) is 0.841. The zero-order chi connectivity index (χ0) is 18.6. The Morgan fingerprint density at radius 1 is 1.42 bits per heavy atom. The monoisotopic (exact) mass is 398 g/mol. The molecule has 2 N–H and O–H groups in total. The molecule has 0 amide bonds. The number of benzene rings is 1. The molecule has 142 valence electrons. The summed E-state index contributed by atoms with van der Waals surface area (Å²) < 4.78 is 11.4. The largest absolute Gasteiger partial charge is 0.491 e. The molecule has 6 nitrogen and oxygen atoms in total. The van der Waals surface area contributed by atoms with Crippen LogP contribution >= 0.6 is 22.9 Å². The molecule has 2 unspecified atom stereocenters. The van der Waals surface area contributed by atoms with E-state index in [0.717, 1.165) is 18.7 Å². The Balaban J connectivity index is 1.61. The van der Waals surface area contributed by atoms with Crippen molar-refractivity contribution in [1.29, 1.82) is 0 Å². The van der Waals surface area contributed by atoms with Crippen molar-refractivity contribution < 1.29 is 19.7 Å². The third kappa shape index (κ3) is 4.73. The van der Waals surface area contributed by atoms with Crippen molar-refractivity contribution in [2.24, 2.45) is 0 Å². The van der Waals surface area contributed by atoms with Crippen LogP contribution in [-0.4, -0.2) is 59.0 Å². The van der Waals surface area contributed by atoms with E-state index in [0.29, 0.717) is 29.9 Å². The molecule has 3 rings (SSSR count). The molecule has 0 aliphatic carbocycles. The Morgan fingerprint density at radius 2 is 2.19 bits per heavy atom. The van der Waals surface area contributed by atoms with Gasteiger partial charge >= 0.3 is 0 Å². The molecule has 1 aromatic heterocycles. The highest BCUT2D eigenvalue weighted by atomic mass is 35.5. The average molecular weight is 399 g/mol. The molecule has 0 bridgehead atoms. The van der Waals surface area contributed by atoms with Crippen LogP contribution in [0.2, 0.25) is 4.47 Å². The van der Waals surface area contributed by atoms with Gasteiger partial charge < -0.3 is 19.7 Å². The third-order valence-electron chi connectivity index (χ3n) is 4.45. The fourth-order valence-corrected chi connectivity index (χ4v) is 3.87. The molecule has 0 saturated carbocycles. The summed E-state index contributed by atoms with van der Waals surface area (Å²) in [6.45, 7) is 3.97. The van der Waals surface area contributed by atoms with Crippen LogP contribution in [0.3, 0.4) is 0 Å². The number of hydrogen-bond donors (Lipinski definition) is 2. The first-order valence-electron chi connectivity index (χ1n) is 8.54. The van der Waals surface area contributed by atoms with Crippen molar-refractivity contribution in [3.8, 4) is 5.75 Å². The van der Waals surface area contributed by atoms with Crippen LogP contribution in [-0.2, 0) is 16.9 Å². The van der Waals surface area contributed by atoms with Gasteiger partial charge in [0.05, 0.1) is 19.8 Å². The van der Waals surface area contributed by atoms with E-state index < -0.39 is 5.79 Å². The molecule has 26 heavy (non-hydrogen) atoms. The molecule has 2 heterocycles. The number of ether oxygens (including phenoxy) is 2. The SMILES string of the molecule is CC(Cc1ccc(OCCO)cc1)N1CCOC(O)(c2csc(Cl)n2)C1. The van der Waals surface area contributed by atoms with E-state index in [1.165, 1.54) is 16.9 Å². The van der Waals surface area contributed by atoms with Crippen LogP contribution in [0.25, 0.3) is 0 Å². The van der Waals surface area contributed by atoms with E-state index >= 15 is 0 Å². The quantitative estimate of drug-likeness (QED) is 0.745. The smallest absolute Gasteiger partial charge is 0.224 e. The minimum absolute atomic E-state index is 0.00290. The molecule has 1 fully saturated rings. The Morgan fingerprint density at radius 3 is 2.85 bits per heavy atom. The van der Waals surface area contributed by atoms with E-state index in [1.807, 2.05) is 24.3 Å². The van der Waals surface area contributed by atoms with E-state index in [1.54, 1.807) is 5.38 Å². The molecular formula is C18H23ClN2O4S. The fraction of sp³-hybridized carbons (Fsp3) is 0.500. The molecule has 1 saturated heterocycles. The summed E-state index contributed by atoms with van der Waals surface area (Å²) in [4.78, 5) is 6.37. The Hall–Kier alpha value is -1.22. The lowest BCUT2D eigenvalue weighted by Crippen LogP contribution is -2.53. The second kappa shape index (κ2) is 8.65. The van der Waals surface area contributed by atoms with Crippen molar-refractivity contribution in [3.63, 3.8) is 0 Å². The van der Waals surface area contributed by atoms with Gasteiger partial charge in [-0.3, -0.25) is 4.90 Å². The summed E-state index contributed by atoms with van der Waals surface area (Å²) in [5.74, 6) is -0.672. The highest BCUT2D eigenvalue weighted by Crippen LogP contribution is 2.30. The van der Waals surface area contributed by atoms with Crippen molar-refractivity contribution in [2.75, 3.05) is 32.9 Å². The normalized spacial score (nSPS) is 22.3. The lowest BCUT2D eigenvalue weighted by atomic mass is 10.0. The Kier molecular flexibility index (Phi) is 6.50. The molecule has 1 aliphatic heterocycles. The Labute approximate surface area is 162 Å². The molecule has 2 aromatic rings. The van der Waals surface area contributed by atoms with Crippen LogP contribution in [0.5, 0.6) is 5.75 Å². The zero-order valence-electron chi connectivity index (χ0n) is 14.6. The van der Waals surface area contributed by atoms with Crippen molar-refractivity contribution in [1.82, 2.24) is 9.88 Å². The number of aliphatic hydroxyl groups excluding tert-OH is 1. The van der Waals surface area contributed by atoms with Gasteiger partial charge in [0, 0.05) is 18.0 Å². The molecule has 8 heteroatoms. The first-order valence-corrected chi connectivity index (χ1v) is 9.80. The first-order chi connectivity index (χ1) is 12.5. The number of aliphatic hydroxyl groups is 2. The van der Waals surface area contributed by atoms with Crippen LogP contribution in [0.1, 0.15) is 18.2 Å². The molecule has 0 spiro atoms. The minimum Gasteiger partial charge on any atom is -0.491 e. The van der Waals surface area contributed by atoms with Gasteiger partial charge in [-0.25, -0.2) is 4.98 Å². The Bertz CT molecular complexity index is 711. The number of nitrogens with zero attached hydrogens (tertiary/aromatic N) is 2. The van der Waals surface area contributed by atoms with Crippen LogP contribution < -0.4 is 4.74 Å². The number of halogens is 1. The van der Waals surface area contributed by atoms with Crippen LogP contribution in [0, 0.1) is 0 Å². The maximum Gasteiger partial charge on any atom is 0.224 e. The zero-order valence-corrected chi connectivity index (χ0v) is 16.2. The van der Waals surface area contributed by atoms with Gasteiger partial charge in [-0.2, -0.15) is 0 Å². The fourth-order valence-electron chi connectivity index (χ4n) is 3.05. The lowest BCUT2D eigenvalue weighted by Gasteiger charge is -2.41. The van der Waals surface area contributed by atoms with Gasteiger partial charge in [0.1, 0.15) is 18.1 Å². The molecule has 0 radical (unpaired) electrons. The van der Waals surface area contributed by atoms with E-state index in [9.17, 15) is 5.11 Å². The van der Waals surface area contributed by atoms with Crippen molar-refractivity contribution in [3.05, 3.63) is 45.4 Å². The predicted octanol–water partition coefficient (Wildman–Crippen LogP) is 2.28. The maximum absolute atomic E-state index is 10.8. The van der Waals surface area contributed by atoms with Crippen LogP contribution in [0.4, 0.5) is 0 Å². The van der Waals surface area contributed by atoms with E-state index in [2.05, 4.69) is 16.8 Å². The average Bonchev–Trinajstić information content (AvgIpc) is 3.08. The minimum atomic E-state index is -1.42. The second-order valence-electron chi connectivity index (χ2n) is 6.36. The summed E-state index contributed by atoms with van der Waals surface area (Å²) in [5.41, 5.74) is 1.65. The third-order valence-corrected chi connectivity index (χ3v) is 5.43. The summed E-state index contributed by atoms with van der Waals surface area (Å²) in [6, 6.07) is 8.09. The first kappa shape index (κ1) is 19.5. The van der Waals surface area contributed by atoms with Gasteiger partial charge in [-0.05, 0) is 31.0 Å². The summed E-state index contributed by atoms with van der Waals surface area (Å²) in [7, 11) is 0. The van der Waals surface area contributed by atoms with Gasteiger partial charge in [-0.15, -0.1) is 11.3 Å². The molecule has 1 aromatic carbocycles. The van der Waals surface area contributed by atoms with Crippen molar-refractivity contribution >= 4 is 22.9 Å². The van der Waals surface area contributed by atoms with Gasteiger partial charge in [0.15, 0.2) is 4.47 Å². The second-order valence-corrected chi connectivity index (χ2v) is 7.80. The summed E-state index contributed by atoms with van der Waals surface area (Å²) in [5, 5.41) is 21.4. The predicted molar refractivity (Wildman–Crippen MR) is 101 cm³/mol.